The predicted octanol–water partition coefficient (Wildman–Crippen LogP) is 3.52. The minimum atomic E-state index is 0.140. The van der Waals surface area contributed by atoms with Crippen LogP contribution in [-0.4, -0.2) is 32.5 Å². The first-order valence-electron chi connectivity index (χ1n) is 10.0. The molecule has 6 rings (SSSR count). The number of carbonyl (C=O) groups is 1. The van der Waals surface area contributed by atoms with Gasteiger partial charge < -0.3 is 9.88 Å². The van der Waals surface area contributed by atoms with Crippen molar-refractivity contribution in [1.29, 1.82) is 0 Å². The first-order chi connectivity index (χ1) is 13.2. The summed E-state index contributed by atoms with van der Waals surface area (Å²) in [4.78, 5) is 12.6. The van der Waals surface area contributed by atoms with Crippen LogP contribution in [0, 0.1) is 23.7 Å². The summed E-state index contributed by atoms with van der Waals surface area (Å²) in [5.41, 5.74) is 1.04. The van der Waals surface area contributed by atoms with E-state index in [1.807, 2.05) is 41.9 Å². The minimum Gasteiger partial charge on any atom is -0.352 e. The van der Waals surface area contributed by atoms with Crippen LogP contribution >= 0.6 is 11.8 Å². The third-order valence-corrected chi connectivity index (χ3v) is 7.77. The molecule has 0 spiro atoms. The average molecular weight is 383 g/mol. The Morgan fingerprint density at radius 2 is 1.74 bits per heavy atom. The summed E-state index contributed by atoms with van der Waals surface area (Å²) in [6.07, 6.45) is 6.76. The van der Waals surface area contributed by atoms with Crippen LogP contribution < -0.4 is 5.32 Å². The van der Waals surface area contributed by atoms with Crippen molar-refractivity contribution >= 4 is 17.7 Å². The van der Waals surface area contributed by atoms with Gasteiger partial charge >= 0.3 is 0 Å². The molecule has 1 amide bonds. The number of aromatic nitrogens is 3. The van der Waals surface area contributed by atoms with Gasteiger partial charge in [0, 0.05) is 18.7 Å². The normalized spacial score (nSPS) is 31.2. The van der Waals surface area contributed by atoms with Crippen molar-refractivity contribution in [3.05, 3.63) is 30.3 Å². The van der Waals surface area contributed by atoms with Crippen LogP contribution in [0.3, 0.4) is 0 Å². The Bertz CT molecular complexity index is 806. The van der Waals surface area contributed by atoms with Gasteiger partial charge in [0.05, 0.1) is 5.75 Å². The van der Waals surface area contributed by atoms with Gasteiger partial charge in [0.15, 0.2) is 11.0 Å². The Hall–Kier alpha value is -1.82. The summed E-state index contributed by atoms with van der Waals surface area (Å²) in [5, 5.41) is 12.7. The largest absolute Gasteiger partial charge is 0.352 e. The van der Waals surface area contributed by atoms with Crippen molar-refractivity contribution in [2.24, 2.45) is 30.7 Å². The second kappa shape index (κ2) is 6.97. The molecule has 0 unspecified atom stereocenters. The second-order valence-electron chi connectivity index (χ2n) is 8.54. The smallest absolute Gasteiger partial charge is 0.230 e. The van der Waals surface area contributed by atoms with Gasteiger partial charge in [-0.2, -0.15) is 0 Å². The number of rotatable bonds is 5. The fraction of sp³-hybridized carbons (Fsp3) is 0.571. The number of amides is 1. The van der Waals surface area contributed by atoms with Gasteiger partial charge in [0.2, 0.25) is 5.91 Å². The quantitative estimate of drug-likeness (QED) is 0.804. The fourth-order valence-corrected chi connectivity index (χ4v) is 6.52. The summed E-state index contributed by atoms with van der Waals surface area (Å²) in [6.45, 7) is 0. The number of nitrogens with zero attached hydrogens (tertiary/aromatic N) is 3. The van der Waals surface area contributed by atoms with E-state index in [4.69, 9.17) is 0 Å². The van der Waals surface area contributed by atoms with Crippen LogP contribution in [0.5, 0.6) is 0 Å². The van der Waals surface area contributed by atoms with Crippen LogP contribution in [-0.2, 0) is 11.8 Å². The standard InChI is InChI=1S/C21H26N4OS/c1-25-20(15-5-3-2-4-6-15)23-24-21(25)27-12-18(26)22-19-16-8-13-7-14(10-16)11-17(19)9-13/h2-6,13-14,16-17,19H,7-12H2,1H3,(H,22,26). The maximum Gasteiger partial charge on any atom is 0.230 e. The molecule has 4 bridgehead atoms. The Morgan fingerprint density at radius 1 is 1.07 bits per heavy atom. The van der Waals surface area contributed by atoms with Gasteiger partial charge in [-0.15, -0.1) is 10.2 Å². The van der Waals surface area contributed by atoms with E-state index in [0.717, 1.165) is 40.2 Å². The van der Waals surface area contributed by atoms with E-state index < -0.39 is 0 Å². The first-order valence-corrected chi connectivity index (χ1v) is 11.0. The summed E-state index contributed by atoms with van der Waals surface area (Å²) in [5.74, 6) is 4.68. The predicted molar refractivity (Wildman–Crippen MR) is 106 cm³/mol. The lowest BCUT2D eigenvalue weighted by Crippen LogP contribution is -2.56. The fourth-order valence-electron chi connectivity index (χ4n) is 5.80. The number of hydrogen-bond donors (Lipinski definition) is 1. The highest BCUT2D eigenvalue weighted by molar-refractivity contribution is 7.99. The van der Waals surface area contributed by atoms with Gasteiger partial charge in [0.1, 0.15) is 0 Å². The van der Waals surface area contributed by atoms with Crippen molar-refractivity contribution in [2.45, 2.75) is 43.3 Å². The molecule has 4 saturated carbocycles. The second-order valence-corrected chi connectivity index (χ2v) is 9.49. The Labute approximate surface area is 164 Å². The molecule has 1 heterocycles. The molecule has 2 aromatic rings. The highest BCUT2D eigenvalue weighted by Gasteiger charge is 2.48. The van der Waals surface area contributed by atoms with Crippen LogP contribution in [0.1, 0.15) is 32.1 Å². The topological polar surface area (TPSA) is 59.8 Å². The molecule has 0 radical (unpaired) electrons. The van der Waals surface area contributed by atoms with Gasteiger partial charge in [-0.1, -0.05) is 42.1 Å². The van der Waals surface area contributed by atoms with Crippen molar-refractivity contribution in [1.82, 2.24) is 20.1 Å². The molecule has 0 aliphatic heterocycles. The maximum atomic E-state index is 12.6. The summed E-state index contributed by atoms with van der Waals surface area (Å²) in [7, 11) is 1.96. The average Bonchev–Trinajstić information content (AvgIpc) is 3.04. The first kappa shape index (κ1) is 17.3. The number of carbonyl (C=O) groups excluding carboxylic acids is 1. The van der Waals surface area contributed by atoms with E-state index in [-0.39, 0.29) is 5.91 Å². The van der Waals surface area contributed by atoms with Crippen molar-refractivity contribution in [2.75, 3.05) is 5.75 Å². The molecule has 1 aromatic heterocycles. The summed E-state index contributed by atoms with van der Waals surface area (Å²) < 4.78 is 1.97. The lowest BCUT2D eigenvalue weighted by molar-refractivity contribution is -0.122. The summed E-state index contributed by atoms with van der Waals surface area (Å²) >= 11 is 1.47. The van der Waals surface area contributed by atoms with Gasteiger partial charge in [-0.25, -0.2) is 0 Å². The molecule has 0 saturated heterocycles. The highest BCUT2D eigenvalue weighted by atomic mass is 32.2. The van der Waals surface area contributed by atoms with E-state index in [2.05, 4.69) is 15.5 Å². The number of thioether (sulfide) groups is 1. The Balaban J connectivity index is 1.20. The molecule has 142 valence electrons. The molecule has 4 aliphatic carbocycles. The van der Waals surface area contributed by atoms with Crippen LogP contribution in [0.4, 0.5) is 0 Å². The third kappa shape index (κ3) is 3.28. The van der Waals surface area contributed by atoms with E-state index >= 15 is 0 Å². The molecule has 1 aromatic carbocycles. The van der Waals surface area contributed by atoms with Crippen LogP contribution in [0.25, 0.3) is 11.4 Å². The van der Waals surface area contributed by atoms with E-state index in [1.54, 1.807) is 0 Å². The van der Waals surface area contributed by atoms with Crippen LogP contribution in [0.15, 0.2) is 35.5 Å². The third-order valence-electron chi connectivity index (χ3n) is 6.75. The van der Waals surface area contributed by atoms with E-state index in [0.29, 0.717) is 11.8 Å². The zero-order valence-corrected chi connectivity index (χ0v) is 16.5. The molecular weight excluding hydrogens is 356 g/mol. The van der Waals surface area contributed by atoms with Gasteiger partial charge in [0.25, 0.3) is 0 Å². The van der Waals surface area contributed by atoms with Gasteiger partial charge in [-0.05, 0) is 55.8 Å². The highest BCUT2D eigenvalue weighted by Crippen LogP contribution is 2.53. The van der Waals surface area contributed by atoms with E-state index in [1.165, 1.54) is 43.9 Å². The zero-order chi connectivity index (χ0) is 18.4. The van der Waals surface area contributed by atoms with E-state index in [9.17, 15) is 4.79 Å². The molecular formula is C21H26N4OS. The number of hydrogen-bond acceptors (Lipinski definition) is 4. The Morgan fingerprint density at radius 3 is 2.41 bits per heavy atom. The van der Waals surface area contributed by atoms with Crippen LogP contribution in [0.2, 0.25) is 0 Å². The molecule has 6 heteroatoms. The zero-order valence-electron chi connectivity index (χ0n) is 15.7. The molecule has 4 fully saturated rings. The number of benzene rings is 1. The van der Waals surface area contributed by atoms with Gasteiger partial charge in [-0.3, -0.25) is 4.79 Å². The van der Waals surface area contributed by atoms with Crippen molar-refractivity contribution in [3.63, 3.8) is 0 Å². The minimum absolute atomic E-state index is 0.140. The molecule has 1 N–H and O–H groups in total. The Kier molecular flexibility index (Phi) is 4.46. The summed E-state index contributed by atoms with van der Waals surface area (Å²) in [6, 6.07) is 10.4. The van der Waals surface area contributed by atoms with Crippen molar-refractivity contribution < 1.29 is 4.79 Å². The lowest BCUT2D eigenvalue weighted by atomic mass is 9.54. The molecule has 0 atom stereocenters. The molecule has 27 heavy (non-hydrogen) atoms. The molecule has 4 aliphatic rings. The maximum absolute atomic E-state index is 12.6. The lowest BCUT2D eigenvalue weighted by Gasteiger charge is -2.54. The number of nitrogens with one attached hydrogen (secondary N) is 1. The molecule has 5 nitrogen and oxygen atoms in total. The monoisotopic (exact) mass is 382 g/mol. The van der Waals surface area contributed by atoms with Crippen molar-refractivity contribution in [3.8, 4) is 11.4 Å². The SMILES string of the molecule is Cn1c(SCC(=O)NC2C3CC4CC(C3)CC2C4)nnc1-c1ccccc1.